The molecule has 0 radical (unpaired) electrons. The maximum atomic E-state index is 8.99. The van der Waals surface area contributed by atoms with Gasteiger partial charge in [-0.05, 0) is 19.4 Å². The minimum absolute atomic E-state index is 0.212. The Morgan fingerprint density at radius 3 is 3.38 bits per heavy atom. The average molecular weight is 181 g/mol. The second-order valence-corrected chi connectivity index (χ2v) is 3.55. The molecule has 1 aromatic rings. The number of aliphatic hydroxyl groups is 1. The fourth-order valence-corrected chi connectivity index (χ4v) is 1.72. The Bertz CT molecular complexity index is 270. The van der Waals surface area contributed by atoms with E-state index in [2.05, 4.69) is 16.5 Å². The number of nitrogens with zero attached hydrogens (tertiary/aromatic N) is 2. The van der Waals surface area contributed by atoms with Crippen LogP contribution in [-0.4, -0.2) is 27.5 Å². The highest BCUT2D eigenvalue weighted by Gasteiger charge is 2.15. The molecule has 0 fully saturated rings. The molecule has 4 nitrogen and oxygen atoms in total. The number of rotatable bonds is 1. The Kier molecular flexibility index (Phi) is 2.33. The zero-order chi connectivity index (χ0) is 9.26. The van der Waals surface area contributed by atoms with Crippen LogP contribution >= 0.6 is 0 Å². The number of aliphatic hydroxyl groups excluding tert-OH is 1. The molecule has 1 atom stereocenters. The highest BCUT2D eigenvalue weighted by molar-refractivity contribution is 5.09. The van der Waals surface area contributed by atoms with E-state index in [0.717, 1.165) is 25.2 Å². The van der Waals surface area contributed by atoms with Gasteiger partial charge in [0.2, 0.25) is 0 Å². The quantitative estimate of drug-likeness (QED) is 0.643. The van der Waals surface area contributed by atoms with Gasteiger partial charge in [-0.25, -0.2) is 0 Å². The molecule has 2 heterocycles. The van der Waals surface area contributed by atoms with Crippen LogP contribution in [0.25, 0.3) is 0 Å². The van der Waals surface area contributed by atoms with Gasteiger partial charge in [-0.2, -0.15) is 5.10 Å². The third-order valence-electron chi connectivity index (χ3n) is 2.47. The third-order valence-corrected chi connectivity index (χ3v) is 2.47. The monoisotopic (exact) mass is 181 g/mol. The Balaban J connectivity index is 2.14. The van der Waals surface area contributed by atoms with Crippen LogP contribution in [0.4, 0.5) is 0 Å². The van der Waals surface area contributed by atoms with Crippen LogP contribution in [0.3, 0.4) is 0 Å². The summed E-state index contributed by atoms with van der Waals surface area (Å²) in [6, 6.07) is 2.31. The third kappa shape index (κ3) is 1.73. The van der Waals surface area contributed by atoms with Crippen molar-refractivity contribution in [2.75, 3.05) is 6.61 Å². The summed E-state index contributed by atoms with van der Waals surface area (Å²) in [7, 11) is 0. The van der Waals surface area contributed by atoms with Crippen LogP contribution in [0.5, 0.6) is 0 Å². The maximum absolute atomic E-state index is 8.99. The van der Waals surface area contributed by atoms with Gasteiger partial charge in [0.15, 0.2) is 0 Å². The first-order valence-electron chi connectivity index (χ1n) is 4.67. The molecule has 0 amide bonds. The lowest BCUT2D eigenvalue weighted by Gasteiger charge is -2.10. The van der Waals surface area contributed by atoms with Gasteiger partial charge in [0, 0.05) is 19.1 Å². The van der Waals surface area contributed by atoms with E-state index in [1.165, 1.54) is 5.69 Å². The molecule has 1 aromatic heterocycles. The van der Waals surface area contributed by atoms with Crippen molar-refractivity contribution in [2.24, 2.45) is 0 Å². The molecule has 0 aromatic carbocycles. The zero-order valence-electron chi connectivity index (χ0n) is 7.82. The first kappa shape index (κ1) is 8.72. The van der Waals surface area contributed by atoms with Crippen LogP contribution in [0, 0.1) is 6.92 Å². The zero-order valence-corrected chi connectivity index (χ0v) is 7.82. The van der Waals surface area contributed by atoms with Gasteiger partial charge in [0.25, 0.3) is 0 Å². The fraction of sp³-hybridized carbons (Fsp3) is 0.667. The SMILES string of the molecule is Cc1cc2n(n1)CC[C@@H](CO)NC2. The molecule has 0 saturated carbocycles. The highest BCUT2D eigenvalue weighted by Crippen LogP contribution is 2.09. The molecule has 1 aliphatic heterocycles. The number of hydrogen-bond donors (Lipinski definition) is 2. The topological polar surface area (TPSA) is 50.1 Å². The van der Waals surface area contributed by atoms with Crippen LogP contribution in [0.1, 0.15) is 17.8 Å². The van der Waals surface area contributed by atoms with Gasteiger partial charge in [-0.1, -0.05) is 0 Å². The van der Waals surface area contributed by atoms with Crippen molar-refractivity contribution in [1.82, 2.24) is 15.1 Å². The summed E-state index contributed by atoms with van der Waals surface area (Å²) in [4.78, 5) is 0. The van der Waals surface area contributed by atoms with E-state index in [1.54, 1.807) is 0 Å². The average Bonchev–Trinajstić information content (AvgIpc) is 2.37. The summed E-state index contributed by atoms with van der Waals surface area (Å²) in [5, 5.41) is 16.7. The molecule has 0 spiro atoms. The van der Waals surface area contributed by atoms with Crippen molar-refractivity contribution in [3.05, 3.63) is 17.5 Å². The first-order valence-corrected chi connectivity index (χ1v) is 4.67. The predicted molar refractivity (Wildman–Crippen MR) is 49.3 cm³/mol. The van der Waals surface area contributed by atoms with Crippen LogP contribution in [0.2, 0.25) is 0 Å². The Morgan fingerprint density at radius 1 is 1.77 bits per heavy atom. The lowest BCUT2D eigenvalue weighted by Crippen LogP contribution is -2.30. The molecule has 0 bridgehead atoms. The summed E-state index contributed by atoms with van der Waals surface area (Å²) in [5.74, 6) is 0. The second-order valence-electron chi connectivity index (χ2n) is 3.55. The molecule has 0 saturated heterocycles. The maximum Gasteiger partial charge on any atom is 0.0597 e. The van der Waals surface area contributed by atoms with E-state index in [4.69, 9.17) is 5.11 Å². The molecule has 1 aliphatic rings. The number of fused-ring (bicyclic) bond motifs is 1. The molecule has 0 unspecified atom stereocenters. The Labute approximate surface area is 77.6 Å². The molecular formula is C9H15N3O. The lowest BCUT2D eigenvalue weighted by atomic mass is 10.2. The lowest BCUT2D eigenvalue weighted by molar-refractivity contribution is 0.235. The van der Waals surface area contributed by atoms with E-state index < -0.39 is 0 Å². The van der Waals surface area contributed by atoms with E-state index in [9.17, 15) is 0 Å². The van der Waals surface area contributed by atoms with Crippen molar-refractivity contribution in [3.63, 3.8) is 0 Å². The van der Waals surface area contributed by atoms with Gasteiger partial charge in [-0.3, -0.25) is 4.68 Å². The summed E-state index contributed by atoms with van der Waals surface area (Å²) in [6.07, 6.45) is 0.949. The normalized spacial score (nSPS) is 22.5. The van der Waals surface area contributed by atoms with Gasteiger partial charge in [0.05, 0.1) is 18.0 Å². The molecule has 0 aliphatic carbocycles. The molecule has 2 rings (SSSR count). The summed E-state index contributed by atoms with van der Waals surface area (Å²) < 4.78 is 2.03. The minimum Gasteiger partial charge on any atom is -0.395 e. The summed E-state index contributed by atoms with van der Waals surface area (Å²) >= 11 is 0. The molecule has 13 heavy (non-hydrogen) atoms. The van der Waals surface area contributed by atoms with Crippen LogP contribution in [-0.2, 0) is 13.1 Å². The number of aryl methyl sites for hydroxylation is 2. The van der Waals surface area contributed by atoms with Crippen LogP contribution < -0.4 is 5.32 Å². The van der Waals surface area contributed by atoms with E-state index in [-0.39, 0.29) is 12.6 Å². The van der Waals surface area contributed by atoms with Crippen molar-refractivity contribution < 1.29 is 5.11 Å². The van der Waals surface area contributed by atoms with E-state index in [0.29, 0.717) is 0 Å². The van der Waals surface area contributed by atoms with Crippen LogP contribution in [0.15, 0.2) is 6.07 Å². The van der Waals surface area contributed by atoms with E-state index >= 15 is 0 Å². The van der Waals surface area contributed by atoms with Crippen molar-refractivity contribution in [2.45, 2.75) is 32.5 Å². The van der Waals surface area contributed by atoms with Gasteiger partial charge in [0.1, 0.15) is 0 Å². The van der Waals surface area contributed by atoms with Gasteiger partial charge in [-0.15, -0.1) is 0 Å². The minimum atomic E-state index is 0.212. The van der Waals surface area contributed by atoms with Crippen molar-refractivity contribution in [1.29, 1.82) is 0 Å². The largest absolute Gasteiger partial charge is 0.395 e. The van der Waals surface area contributed by atoms with Gasteiger partial charge < -0.3 is 10.4 Å². The fourth-order valence-electron chi connectivity index (χ4n) is 1.72. The van der Waals surface area contributed by atoms with Crippen molar-refractivity contribution in [3.8, 4) is 0 Å². The summed E-state index contributed by atoms with van der Waals surface area (Å²) in [6.45, 7) is 3.93. The van der Waals surface area contributed by atoms with Gasteiger partial charge >= 0.3 is 0 Å². The number of hydrogen-bond acceptors (Lipinski definition) is 3. The second kappa shape index (κ2) is 3.47. The standard InChI is InChI=1S/C9H15N3O/c1-7-4-9-5-10-8(6-13)2-3-12(9)11-7/h4,8,10,13H,2-3,5-6H2,1H3/t8-/m0/s1. The number of nitrogens with one attached hydrogen (secondary N) is 1. The Morgan fingerprint density at radius 2 is 2.62 bits per heavy atom. The number of aromatic nitrogens is 2. The Hall–Kier alpha value is -0.870. The smallest absolute Gasteiger partial charge is 0.0597 e. The van der Waals surface area contributed by atoms with Crippen molar-refractivity contribution >= 4 is 0 Å². The highest BCUT2D eigenvalue weighted by atomic mass is 16.3. The molecule has 2 N–H and O–H groups in total. The molecule has 4 heteroatoms. The summed E-state index contributed by atoms with van der Waals surface area (Å²) in [5.41, 5.74) is 2.28. The predicted octanol–water partition coefficient (Wildman–Crippen LogP) is 0.0457. The first-order chi connectivity index (χ1) is 6.29. The van der Waals surface area contributed by atoms with E-state index in [1.807, 2.05) is 11.6 Å². The molecule has 72 valence electrons. The molecular weight excluding hydrogens is 166 g/mol.